The molecule has 1 aromatic heterocycles. The molecule has 2 unspecified atom stereocenters. The summed E-state index contributed by atoms with van der Waals surface area (Å²) >= 11 is 0. The third-order valence-corrected chi connectivity index (χ3v) is 4.60. The number of amides is 1. The van der Waals surface area contributed by atoms with Gasteiger partial charge in [0.25, 0.3) is 0 Å². The highest BCUT2D eigenvalue weighted by molar-refractivity contribution is 5.92. The van der Waals surface area contributed by atoms with E-state index in [4.69, 9.17) is 5.11 Å². The largest absolute Gasteiger partial charge is 0.476 e. The van der Waals surface area contributed by atoms with Crippen molar-refractivity contribution in [1.82, 2.24) is 15.0 Å². The monoisotopic (exact) mass is 382 g/mol. The molecule has 1 heterocycles. The van der Waals surface area contributed by atoms with E-state index in [0.717, 1.165) is 0 Å². The van der Waals surface area contributed by atoms with Gasteiger partial charge in [-0.2, -0.15) is 13.2 Å². The van der Waals surface area contributed by atoms with Crippen LogP contribution in [0.1, 0.15) is 36.2 Å². The summed E-state index contributed by atoms with van der Waals surface area (Å²) in [5.74, 6) is -3.81. The minimum Gasteiger partial charge on any atom is -0.476 e. The van der Waals surface area contributed by atoms with E-state index < -0.39 is 29.9 Å². The molecule has 0 aliphatic heterocycles. The predicted molar refractivity (Wildman–Crippen MR) is 88.5 cm³/mol. The molecule has 1 fully saturated rings. The number of aromatic carboxylic acids is 1. The van der Waals surface area contributed by atoms with E-state index in [1.54, 1.807) is 24.3 Å². The molecule has 0 saturated heterocycles. The van der Waals surface area contributed by atoms with Crippen LogP contribution in [0, 0.1) is 11.8 Å². The summed E-state index contributed by atoms with van der Waals surface area (Å²) in [5, 5.41) is 18.7. The Balaban J connectivity index is 1.70. The SMILES string of the molecule is O=C(O)c1cn(-c2cccc(NC(=O)C3CCCC(C(F)(F)F)C3)c2)nn1. The average Bonchev–Trinajstić information content (AvgIpc) is 3.12. The lowest BCUT2D eigenvalue weighted by Crippen LogP contribution is -2.34. The van der Waals surface area contributed by atoms with Crippen LogP contribution in [-0.2, 0) is 4.79 Å². The Morgan fingerprint density at radius 1 is 1.26 bits per heavy atom. The fourth-order valence-corrected chi connectivity index (χ4v) is 3.18. The normalized spacial score (nSPS) is 20.3. The molecule has 3 rings (SSSR count). The zero-order valence-electron chi connectivity index (χ0n) is 14.1. The molecule has 0 radical (unpaired) electrons. The molecule has 2 aromatic rings. The minimum absolute atomic E-state index is 0.0565. The van der Waals surface area contributed by atoms with Gasteiger partial charge in [0.05, 0.1) is 17.8 Å². The Labute approximate surface area is 152 Å². The summed E-state index contributed by atoms with van der Waals surface area (Å²) in [5.41, 5.74) is 0.619. The lowest BCUT2D eigenvalue weighted by molar-refractivity contribution is -0.185. The summed E-state index contributed by atoms with van der Waals surface area (Å²) in [7, 11) is 0. The standard InChI is InChI=1S/C17H17F3N4O3/c18-17(19,20)11-4-1-3-10(7-11)15(25)21-12-5-2-6-13(8-12)24-9-14(16(26)27)22-23-24/h2,5-6,8-11H,1,3-4,7H2,(H,21,25)(H,26,27). The molecule has 1 aliphatic carbocycles. The Morgan fingerprint density at radius 3 is 2.70 bits per heavy atom. The number of halogens is 3. The van der Waals surface area contributed by atoms with Crippen LogP contribution in [0.3, 0.4) is 0 Å². The fourth-order valence-electron chi connectivity index (χ4n) is 3.18. The second-order valence-corrected chi connectivity index (χ2v) is 6.50. The minimum atomic E-state index is -4.28. The van der Waals surface area contributed by atoms with Gasteiger partial charge in [-0.25, -0.2) is 9.48 Å². The zero-order valence-corrected chi connectivity index (χ0v) is 14.1. The number of nitrogens with one attached hydrogen (secondary N) is 1. The molecular formula is C17H17F3N4O3. The quantitative estimate of drug-likeness (QED) is 0.846. The van der Waals surface area contributed by atoms with Gasteiger partial charge in [-0.1, -0.05) is 17.7 Å². The fraction of sp³-hybridized carbons (Fsp3) is 0.412. The number of aromatic nitrogens is 3. The van der Waals surface area contributed by atoms with Crippen LogP contribution < -0.4 is 5.32 Å². The second-order valence-electron chi connectivity index (χ2n) is 6.50. The van der Waals surface area contributed by atoms with Gasteiger partial charge in [0.15, 0.2) is 5.69 Å². The highest BCUT2D eigenvalue weighted by Crippen LogP contribution is 2.40. The van der Waals surface area contributed by atoms with Gasteiger partial charge in [0, 0.05) is 11.6 Å². The van der Waals surface area contributed by atoms with Crippen molar-refractivity contribution < 1.29 is 27.9 Å². The van der Waals surface area contributed by atoms with E-state index in [9.17, 15) is 22.8 Å². The number of carbonyl (C=O) groups is 2. The molecular weight excluding hydrogens is 365 g/mol. The van der Waals surface area contributed by atoms with E-state index in [0.29, 0.717) is 24.2 Å². The second kappa shape index (κ2) is 7.37. The highest BCUT2D eigenvalue weighted by atomic mass is 19.4. The number of nitrogens with zero attached hydrogens (tertiary/aromatic N) is 3. The Kier molecular flexibility index (Phi) is 5.15. The number of hydrogen-bond donors (Lipinski definition) is 2. The van der Waals surface area contributed by atoms with Crippen molar-refractivity contribution in [3.05, 3.63) is 36.2 Å². The Bertz CT molecular complexity index is 850. The molecule has 1 amide bonds. The molecule has 27 heavy (non-hydrogen) atoms. The topological polar surface area (TPSA) is 97.1 Å². The maximum atomic E-state index is 12.9. The Morgan fingerprint density at radius 2 is 2.04 bits per heavy atom. The first-order valence-corrected chi connectivity index (χ1v) is 8.37. The molecule has 2 N–H and O–H groups in total. The van der Waals surface area contributed by atoms with Crippen LogP contribution in [0.15, 0.2) is 30.5 Å². The molecule has 0 bridgehead atoms. The van der Waals surface area contributed by atoms with Gasteiger partial charge in [-0.15, -0.1) is 5.10 Å². The number of anilines is 1. The van der Waals surface area contributed by atoms with Crippen molar-refractivity contribution in [2.75, 3.05) is 5.32 Å². The van der Waals surface area contributed by atoms with Gasteiger partial charge < -0.3 is 10.4 Å². The number of hydrogen-bond acceptors (Lipinski definition) is 4. The van der Waals surface area contributed by atoms with Crippen LogP contribution in [-0.4, -0.2) is 38.2 Å². The van der Waals surface area contributed by atoms with Crippen LogP contribution in [0.4, 0.5) is 18.9 Å². The maximum Gasteiger partial charge on any atom is 0.391 e. The molecule has 10 heteroatoms. The van der Waals surface area contributed by atoms with E-state index in [-0.39, 0.29) is 18.5 Å². The van der Waals surface area contributed by atoms with Crippen LogP contribution in [0.2, 0.25) is 0 Å². The molecule has 1 saturated carbocycles. The number of benzene rings is 1. The van der Waals surface area contributed by atoms with Gasteiger partial charge in [-0.05, 0) is 37.5 Å². The van der Waals surface area contributed by atoms with Crippen molar-refractivity contribution in [3.63, 3.8) is 0 Å². The van der Waals surface area contributed by atoms with Crippen LogP contribution >= 0.6 is 0 Å². The Hall–Kier alpha value is -2.91. The van der Waals surface area contributed by atoms with E-state index in [2.05, 4.69) is 15.6 Å². The van der Waals surface area contributed by atoms with E-state index in [1.807, 2.05) is 0 Å². The first kappa shape index (κ1) is 18.9. The van der Waals surface area contributed by atoms with Crippen molar-refractivity contribution in [3.8, 4) is 5.69 Å². The third kappa shape index (κ3) is 4.44. The number of carboxylic acids is 1. The number of carbonyl (C=O) groups excluding carboxylic acids is 1. The zero-order chi connectivity index (χ0) is 19.6. The summed E-state index contributed by atoms with van der Waals surface area (Å²) < 4.78 is 40.0. The molecule has 7 nitrogen and oxygen atoms in total. The molecule has 1 aromatic carbocycles. The van der Waals surface area contributed by atoms with Gasteiger partial charge in [0.1, 0.15) is 0 Å². The van der Waals surface area contributed by atoms with Crippen LogP contribution in [0.25, 0.3) is 5.69 Å². The maximum absolute atomic E-state index is 12.9. The number of rotatable bonds is 4. The third-order valence-electron chi connectivity index (χ3n) is 4.60. The summed E-state index contributed by atoms with van der Waals surface area (Å²) in [6.07, 6.45) is -2.43. The van der Waals surface area contributed by atoms with E-state index in [1.165, 1.54) is 10.9 Å². The molecule has 1 aliphatic rings. The molecule has 0 spiro atoms. The lowest BCUT2D eigenvalue weighted by atomic mass is 9.80. The van der Waals surface area contributed by atoms with Crippen LogP contribution in [0.5, 0.6) is 0 Å². The molecule has 2 atom stereocenters. The van der Waals surface area contributed by atoms with E-state index >= 15 is 0 Å². The summed E-state index contributed by atoms with van der Waals surface area (Å²) in [4.78, 5) is 23.3. The van der Waals surface area contributed by atoms with Crippen molar-refractivity contribution in [1.29, 1.82) is 0 Å². The first-order valence-electron chi connectivity index (χ1n) is 8.37. The van der Waals surface area contributed by atoms with Crippen molar-refractivity contribution in [2.45, 2.75) is 31.9 Å². The van der Waals surface area contributed by atoms with Crippen molar-refractivity contribution >= 4 is 17.6 Å². The molecule has 144 valence electrons. The first-order chi connectivity index (χ1) is 12.7. The van der Waals surface area contributed by atoms with Gasteiger partial charge in [-0.3, -0.25) is 4.79 Å². The smallest absolute Gasteiger partial charge is 0.391 e. The predicted octanol–water partition coefficient (Wildman–Crippen LogP) is 3.27. The lowest BCUT2D eigenvalue weighted by Gasteiger charge is -2.29. The summed E-state index contributed by atoms with van der Waals surface area (Å²) in [6.45, 7) is 0. The van der Waals surface area contributed by atoms with Crippen molar-refractivity contribution in [2.24, 2.45) is 11.8 Å². The highest BCUT2D eigenvalue weighted by Gasteiger charge is 2.43. The van der Waals surface area contributed by atoms with Gasteiger partial charge in [0.2, 0.25) is 5.91 Å². The number of alkyl halides is 3. The number of carboxylic acid groups (broad SMARTS) is 1. The average molecular weight is 382 g/mol. The summed E-state index contributed by atoms with van der Waals surface area (Å²) in [6, 6.07) is 6.39. The van der Waals surface area contributed by atoms with Gasteiger partial charge >= 0.3 is 12.1 Å².